The van der Waals surface area contributed by atoms with Gasteiger partial charge < -0.3 is 20.6 Å². The van der Waals surface area contributed by atoms with E-state index in [1.807, 2.05) is 48.5 Å². The van der Waals surface area contributed by atoms with Crippen LogP contribution in [0.2, 0.25) is 0 Å². The predicted molar refractivity (Wildman–Crippen MR) is 103 cm³/mol. The lowest BCUT2D eigenvalue weighted by Crippen LogP contribution is -2.19. The van der Waals surface area contributed by atoms with E-state index in [4.69, 9.17) is 15.3 Å². The van der Waals surface area contributed by atoms with Crippen LogP contribution in [0.5, 0.6) is 5.75 Å². The standard InChI is InChI=1S/C20H22N4O3/c1-2-26-20(25)16-10-15-8-9-17(27-13-14-6-4-3-5-7-14)12-18(15)22-19(11-16)23-24-21/h3-10,12,19,22H,2,11,13H2,1H3,(H2,21,23). The third-order valence-corrected chi connectivity index (χ3v) is 4.08. The number of nitrogens with two attached hydrogens (primary N) is 1. The molecule has 0 radical (unpaired) electrons. The van der Waals surface area contributed by atoms with Crippen molar-refractivity contribution in [1.29, 1.82) is 0 Å². The maximum absolute atomic E-state index is 12.2. The Kier molecular flexibility index (Phi) is 6.04. The fourth-order valence-electron chi connectivity index (χ4n) is 2.82. The second-order valence-corrected chi connectivity index (χ2v) is 6.01. The summed E-state index contributed by atoms with van der Waals surface area (Å²) in [5, 5.41) is 10.6. The number of hydrogen-bond acceptors (Lipinski definition) is 6. The summed E-state index contributed by atoms with van der Waals surface area (Å²) in [5.74, 6) is 5.55. The second-order valence-electron chi connectivity index (χ2n) is 6.01. The molecule has 1 aliphatic heterocycles. The quantitative estimate of drug-likeness (QED) is 0.352. The molecule has 0 fully saturated rings. The highest BCUT2D eigenvalue weighted by molar-refractivity contribution is 5.95. The molecule has 7 nitrogen and oxygen atoms in total. The molecule has 1 unspecified atom stereocenters. The van der Waals surface area contributed by atoms with E-state index in [1.165, 1.54) is 0 Å². The van der Waals surface area contributed by atoms with Crippen molar-refractivity contribution in [2.45, 2.75) is 26.1 Å². The number of hydrogen-bond donors (Lipinski definition) is 2. The molecule has 1 atom stereocenters. The van der Waals surface area contributed by atoms with Crippen LogP contribution in [-0.4, -0.2) is 18.7 Å². The van der Waals surface area contributed by atoms with E-state index in [-0.39, 0.29) is 5.97 Å². The van der Waals surface area contributed by atoms with Gasteiger partial charge in [-0.25, -0.2) is 4.79 Å². The Morgan fingerprint density at radius 1 is 1.26 bits per heavy atom. The van der Waals surface area contributed by atoms with Gasteiger partial charge in [-0.1, -0.05) is 35.6 Å². The molecular formula is C20H22N4O3. The number of rotatable bonds is 6. The molecule has 1 heterocycles. The van der Waals surface area contributed by atoms with Crippen LogP contribution in [0.25, 0.3) is 6.08 Å². The largest absolute Gasteiger partial charge is 0.489 e. The van der Waals surface area contributed by atoms with Crippen molar-refractivity contribution >= 4 is 17.7 Å². The van der Waals surface area contributed by atoms with Gasteiger partial charge in [0.25, 0.3) is 0 Å². The number of carbonyl (C=O) groups is 1. The van der Waals surface area contributed by atoms with E-state index in [0.717, 1.165) is 16.8 Å². The van der Waals surface area contributed by atoms with E-state index in [1.54, 1.807) is 13.0 Å². The summed E-state index contributed by atoms with van der Waals surface area (Å²) < 4.78 is 11.0. The van der Waals surface area contributed by atoms with E-state index in [9.17, 15) is 4.79 Å². The fraction of sp³-hybridized carbons (Fsp3) is 0.250. The number of carbonyl (C=O) groups excluding carboxylic acids is 1. The van der Waals surface area contributed by atoms with Crippen molar-refractivity contribution in [2.24, 2.45) is 16.2 Å². The molecule has 3 N–H and O–H groups in total. The highest BCUT2D eigenvalue weighted by Gasteiger charge is 2.22. The minimum absolute atomic E-state index is 0.311. The average molecular weight is 366 g/mol. The summed E-state index contributed by atoms with van der Waals surface area (Å²) in [6.07, 6.45) is 1.66. The minimum Gasteiger partial charge on any atom is -0.489 e. The number of benzene rings is 2. The summed E-state index contributed by atoms with van der Waals surface area (Å²) in [7, 11) is 0. The second kappa shape index (κ2) is 8.84. The predicted octanol–water partition coefficient (Wildman–Crippen LogP) is 3.68. The van der Waals surface area contributed by atoms with E-state index in [2.05, 4.69) is 15.7 Å². The van der Waals surface area contributed by atoms with E-state index in [0.29, 0.717) is 31.0 Å². The highest BCUT2D eigenvalue weighted by Crippen LogP contribution is 2.31. The Bertz CT molecular complexity index is 850. The van der Waals surface area contributed by atoms with Gasteiger partial charge in [0.1, 0.15) is 18.5 Å². The SMILES string of the molecule is CCOC(=O)C1=Cc2ccc(OCc3ccccc3)cc2NC(N=NN)C1. The molecule has 140 valence electrons. The molecule has 3 rings (SSSR count). The zero-order valence-electron chi connectivity index (χ0n) is 15.1. The zero-order chi connectivity index (χ0) is 19.1. The van der Waals surface area contributed by atoms with Crippen molar-refractivity contribution in [2.75, 3.05) is 11.9 Å². The highest BCUT2D eigenvalue weighted by atomic mass is 16.5. The summed E-state index contributed by atoms with van der Waals surface area (Å²) >= 11 is 0. The summed E-state index contributed by atoms with van der Waals surface area (Å²) in [4.78, 5) is 12.2. The van der Waals surface area contributed by atoms with Gasteiger partial charge in [-0.2, -0.15) is 0 Å². The first kappa shape index (κ1) is 18.4. The van der Waals surface area contributed by atoms with Crippen molar-refractivity contribution < 1.29 is 14.3 Å². The Balaban J connectivity index is 1.83. The van der Waals surface area contributed by atoms with Gasteiger partial charge in [0, 0.05) is 23.7 Å². The lowest BCUT2D eigenvalue weighted by atomic mass is 10.1. The van der Waals surface area contributed by atoms with Crippen LogP contribution >= 0.6 is 0 Å². The van der Waals surface area contributed by atoms with Gasteiger partial charge in [-0.05, 0) is 36.3 Å². The van der Waals surface area contributed by atoms with Crippen molar-refractivity contribution in [3.05, 3.63) is 65.2 Å². The van der Waals surface area contributed by atoms with Crippen LogP contribution in [-0.2, 0) is 16.1 Å². The van der Waals surface area contributed by atoms with Gasteiger partial charge in [0.15, 0.2) is 0 Å². The van der Waals surface area contributed by atoms with E-state index < -0.39 is 6.17 Å². The summed E-state index contributed by atoms with van der Waals surface area (Å²) in [5.41, 5.74) is 3.23. The average Bonchev–Trinajstić information content (AvgIpc) is 2.86. The molecule has 2 aromatic carbocycles. The molecule has 0 saturated carbocycles. The first-order chi connectivity index (χ1) is 13.2. The first-order valence-corrected chi connectivity index (χ1v) is 8.74. The van der Waals surface area contributed by atoms with Gasteiger partial charge in [0.2, 0.25) is 0 Å². The molecule has 0 aromatic heterocycles. The number of nitrogens with one attached hydrogen (secondary N) is 1. The first-order valence-electron chi connectivity index (χ1n) is 8.74. The van der Waals surface area contributed by atoms with Crippen molar-refractivity contribution in [1.82, 2.24) is 0 Å². The van der Waals surface area contributed by atoms with Crippen LogP contribution < -0.4 is 15.9 Å². The smallest absolute Gasteiger partial charge is 0.334 e. The van der Waals surface area contributed by atoms with E-state index >= 15 is 0 Å². The van der Waals surface area contributed by atoms with Crippen molar-refractivity contribution in [3.8, 4) is 5.75 Å². The summed E-state index contributed by atoms with van der Waals surface area (Å²) in [6, 6.07) is 15.6. The number of esters is 1. The fourth-order valence-corrected chi connectivity index (χ4v) is 2.82. The summed E-state index contributed by atoms with van der Waals surface area (Å²) in [6.45, 7) is 2.55. The third-order valence-electron chi connectivity index (χ3n) is 4.08. The van der Waals surface area contributed by atoms with Gasteiger partial charge in [0.05, 0.1) is 6.61 Å². The lowest BCUT2D eigenvalue weighted by Gasteiger charge is -2.15. The normalized spacial score (nSPS) is 16.0. The minimum atomic E-state index is -0.462. The van der Waals surface area contributed by atoms with Crippen molar-refractivity contribution in [3.63, 3.8) is 0 Å². The van der Waals surface area contributed by atoms with Crippen LogP contribution in [0.3, 0.4) is 0 Å². The molecule has 2 aromatic rings. The Labute approximate surface area is 157 Å². The van der Waals surface area contributed by atoms with Crippen LogP contribution in [0, 0.1) is 0 Å². The van der Waals surface area contributed by atoms with Gasteiger partial charge in [-0.15, -0.1) is 5.11 Å². The zero-order valence-corrected chi connectivity index (χ0v) is 15.1. The molecule has 1 aliphatic rings. The lowest BCUT2D eigenvalue weighted by molar-refractivity contribution is -0.138. The number of fused-ring (bicyclic) bond motifs is 1. The number of ether oxygens (including phenoxy) is 2. The Hall–Kier alpha value is -3.35. The molecule has 7 heteroatoms. The van der Waals surface area contributed by atoms with Crippen LogP contribution in [0.1, 0.15) is 24.5 Å². The van der Waals surface area contributed by atoms with Gasteiger partial charge in [-0.3, -0.25) is 0 Å². The van der Waals surface area contributed by atoms with Crippen LogP contribution in [0.15, 0.2) is 64.4 Å². The Morgan fingerprint density at radius 2 is 2.07 bits per heavy atom. The molecule has 0 bridgehead atoms. The third kappa shape index (κ3) is 4.84. The van der Waals surface area contributed by atoms with Crippen LogP contribution in [0.4, 0.5) is 5.69 Å². The molecule has 27 heavy (non-hydrogen) atoms. The monoisotopic (exact) mass is 366 g/mol. The molecule has 0 amide bonds. The number of nitrogens with zero attached hydrogens (tertiary/aromatic N) is 2. The molecular weight excluding hydrogens is 344 g/mol. The number of anilines is 1. The maximum Gasteiger partial charge on any atom is 0.334 e. The molecule has 0 saturated heterocycles. The molecule has 0 aliphatic carbocycles. The molecule has 0 spiro atoms. The topological polar surface area (TPSA) is 98.3 Å². The Morgan fingerprint density at radius 3 is 2.81 bits per heavy atom. The maximum atomic E-state index is 12.2. The van der Waals surface area contributed by atoms with Gasteiger partial charge >= 0.3 is 5.97 Å².